The lowest BCUT2D eigenvalue weighted by molar-refractivity contribution is -0.157. The maximum Gasteiger partial charge on any atom is 0.417 e. The molecule has 0 unspecified atom stereocenters. The number of sulfonamides is 1. The first-order valence-corrected chi connectivity index (χ1v) is 11.1. The van der Waals surface area contributed by atoms with Crippen LogP contribution in [0.15, 0.2) is 18.2 Å². The van der Waals surface area contributed by atoms with E-state index in [2.05, 4.69) is 0 Å². The first-order valence-electron chi connectivity index (χ1n) is 9.27. The zero-order chi connectivity index (χ0) is 23.1. The first kappa shape index (κ1) is 21.7. The van der Waals surface area contributed by atoms with Crippen molar-refractivity contribution in [2.45, 2.75) is 31.2 Å². The van der Waals surface area contributed by atoms with Crippen LogP contribution in [0.5, 0.6) is 0 Å². The summed E-state index contributed by atoms with van der Waals surface area (Å²) in [6.07, 6.45) is -3.83. The molecular weight excluding hydrogens is 439 g/mol. The van der Waals surface area contributed by atoms with Gasteiger partial charge >= 0.3 is 6.18 Å². The molecule has 31 heavy (non-hydrogen) atoms. The minimum Gasteiger partial charge on any atom is -0.365 e. The van der Waals surface area contributed by atoms with Gasteiger partial charge in [-0.1, -0.05) is 0 Å². The van der Waals surface area contributed by atoms with E-state index < -0.39 is 62.2 Å². The van der Waals surface area contributed by atoms with Crippen LogP contribution in [0.25, 0.3) is 0 Å². The van der Waals surface area contributed by atoms with Crippen molar-refractivity contribution >= 4 is 27.5 Å². The molecule has 1 aromatic rings. The summed E-state index contributed by atoms with van der Waals surface area (Å²) in [7, 11) is -3.63. The van der Waals surface area contributed by atoms with Gasteiger partial charge in [0.2, 0.25) is 21.8 Å². The highest BCUT2D eigenvalue weighted by Gasteiger charge is 2.72. The molecule has 3 heterocycles. The van der Waals surface area contributed by atoms with Gasteiger partial charge in [0.1, 0.15) is 0 Å². The molecule has 12 heteroatoms. The summed E-state index contributed by atoms with van der Waals surface area (Å²) in [6, 6.07) is 4.10. The third-order valence-corrected chi connectivity index (χ3v) is 7.42. The predicted molar refractivity (Wildman–Crippen MR) is 99.9 cm³/mol. The quantitative estimate of drug-likeness (QED) is 0.623. The average Bonchev–Trinajstić information content (AvgIpc) is 2.99. The number of alkyl halides is 3. The number of carbonyl (C=O) groups is 2. The summed E-state index contributed by atoms with van der Waals surface area (Å²) in [4.78, 5) is 27.2. The van der Waals surface area contributed by atoms with E-state index in [1.807, 2.05) is 0 Å². The molecule has 2 bridgehead atoms. The third-order valence-electron chi connectivity index (χ3n) is 6.23. The SMILES string of the molecule is C[C@]12CN(S(C)(=O)=O)C[C@](C)(O1)[C@@H]1C(=O)N(c3ccc(C#N)c(C(F)(F)F)c3)C(=O)[C@@H]12. The maximum atomic E-state index is 13.4. The standard InChI is InChI=1S/C19H18F3N3O5S/c1-17-8-24(31(3,28)29)9-18(2,30-17)14-13(17)15(26)25(16(14)27)11-5-4-10(7-23)12(6-11)19(20,21)22/h4-6,13-14H,8-9H2,1-3H3/t13-,14+,17-,18+. The number of anilines is 1. The highest BCUT2D eigenvalue weighted by Crippen LogP contribution is 2.56. The number of amides is 2. The van der Waals surface area contributed by atoms with Crippen LogP contribution >= 0.6 is 0 Å². The molecule has 8 nitrogen and oxygen atoms in total. The summed E-state index contributed by atoms with van der Waals surface area (Å²) < 4.78 is 71.5. The number of rotatable bonds is 2. The summed E-state index contributed by atoms with van der Waals surface area (Å²) in [5, 5.41) is 8.97. The third kappa shape index (κ3) is 3.06. The summed E-state index contributed by atoms with van der Waals surface area (Å²) in [6.45, 7) is 2.75. The van der Waals surface area contributed by atoms with Gasteiger partial charge in [0.25, 0.3) is 0 Å². The second-order valence-electron chi connectivity index (χ2n) is 8.57. The molecule has 4 rings (SSSR count). The highest BCUT2D eigenvalue weighted by molar-refractivity contribution is 7.88. The van der Waals surface area contributed by atoms with Crippen molar-refractivity contribution in [2.24, 2.45) is 11.8 Å². The summed E-state index contributed by atoms with van der Waals surface area (Å²) in [5.74, 6) is -3.62. The van der Waals surface area contributed by atoms with Gasteiger partial charge in [-0.3, -0.25) is 9.59 Å². The number of imide groups is 1. The first-order chi connectivity index (χ1) is 14.1. The fourth-order valence-electron chi connectivity index (χ4n) is 5.07. The number of hydrogen-bond acceptors (Lipinski definition) is 6. The van der Waals surface area contributed by atoms with Gasteiger partial charge in [0.05, 0.1) is 52.2 Å². The lowest BCUT2D eigenvalue weighted by Gasteiger charge is -2.43. The molecule has 3 saturated heterocycles. The number of benzene rings is 1. The molecule has 0 saturated carbocycles. The van der Waals surface area contributed by atoms with Crippen molar-refractivity contribution in [1.29, 1.82) is 5.26 Å². The Bertz CT molecular complexity index is 1130. The van der Waals surface area contributed by atoms with Crippen LogP contribution in [0.1, 0.15) is 25.0 Å². The number of hydrogen-bond donors (Lipinski definition) is 0. The number of nitriles is 1. The Balaban J connectivity index is 1.79. The highest BCUT2D eigenvalue weighted by atomic mass is 32.2. The molecule has 0 N–H and O–H groups in total. The predicted octanol–water partition coefficient (Wildman–Crippen LogP) is 1.51. The second-order valence-corrected chi connectivity index (χ2v) is 10.5. The lowest BCUT2D eigenvalue weighted by Crippen LogP contribution is -2.59. The van der Waals surface area contributed by atoms with E-state index >= 15 is 0 Å². The van der Waals surface area contributed by atoms with E-state index in [0.29, 0.717) is 11.0 Å². The molecule has 166 valence electrons. The van der Waals surface area contributed by atoms with Crippen molar-refractivity contribution < 1.29 is 35.9 Å². The molecule has 3 fully saturated rings. The number of ether oxygens (including phenoxy) is 1. The largest absolute Gasteiger partial charge is 0.417 e. The minimum atomic E-state index is -4.85. The normalized spacial score (nSPS) is 33.5. The Morgan fingerprint density at radius 2 is 1.65 bits per heavy atom. The van der Waals surface area contributed by atoms with Gasteiger partial charge in [0, 0.05) is 13.1 Å². The molecule has 0 aliphatic carbocycles. The van der Waals surface area contributed by atoms with Crippen LogP contribution in [0, 0.1) is 23.2 Å². The Morgan fingerprint density at radius 3 is 2.06 bits per heavy atom. The van der Waals surface area contributed by atoms with Crippen molar-refractivity contribution in [3.63, 3.8) is 0 Å². The molecule has 2 amide bonds. The average molecular weight is 457 g/mol. The summed E-state index contributed by atoms with van der Waals surface area (Å²) >= 11 is 0. The molecular formula is C19H18F3N3O5S. The van der Waals surface area contributed by atoms with Gasteiger partial charge < -0.3 is 4.74 Å². The summed E-state index contributed by atoms with van der Waals surface area (Å²) in [5.41, 5.74) is -4.80. The van der Waals surface area contributed by atoms with E-state index in [4.69, 9.17) is 10.00 Å². The number of fused-ring (bicyclic) bond motifs is 5. The van der Waals surface area contributed by atoms with Crippen LogP contribution in [0.3, 0.4) is 0 Å². The van der Waals surface area contributed by atoms with E-state index in [0.717, 1.165) is 22.7 Å². The molecule has 0 radical (unpaired) electrons. The Kier molecular flexibility index (Phi) is 4.40. The van der Waals surface area contributed by atoms with Crippen LogP contribution in [0.4, 0.5) is 18.9 Å². The zero-order valence-electron chi connectivity index (χ0n) is 16.7. The number of halogens is 3. The van der Waals surface area contributed by atoms with Crippen LogP contribution in [0.2, 0.25) is 0 Å². The number of nitrogens with zero attached hydrogens (tertiary/aromatic N) is 3. The van der Waals surface area contributed by atoms with Crippen molar-refractivity contribution in [3.8, 4) is 6.07 Å². The Hall–Kier alpha value is -2.49. The number of morpholine rings is 1. The fraction of sp³-hybridized carbons (Fsp3) is 0.526. The van der Waals surface area contributed by atoms with E-state index in [9.17, 15) is 31.2 Å². The van der Waals surface area contributed by atoms with E-state index in [1.54, 1.807) is 0 Å². The monoisotopic (exact) mass is 457 g/mol. The molecule has 3 aliphatic heterocycles. The van der Waals surface area contributed by atoms with Gasteiger partial charge in [-0.2, -0.15) is 22.7 Å². The van der Waals surface area contributed by atoms with Crippen molar-refractivity contribution in [3.05, 3.63) is 29.3 Å². The Labute approximate surface area is 176 Å². The minimum absolute atomic E-state index is 0.156. The van der Waals surface area contributed by atoms with Gasteiger partial charge in [-0.15, -0.1) is 0 Å². The van der Waals surface area contributed by atoms with Gasteiger partial charge in [0.15, 0.2) is 0 Å². The van der Waals surface area contributed by atoms with E-state index in [1.165, 1.54) is 19.9 Å². The molecule has 0 aromatic heterocycles. The zero-order valence-corrected chi connectivity index (χ0v) is 17.5. The lowest BCUT2D eigenvalue weighted by atomic mass is 9.79. The molecule has 0 spiro atoms. The topological polar surface area (TPSA) is 108 Å². The number of carbonyl (C=O) groups excluding carboxylic acids is 2. The molecule has 1 aromatic carbocycles. The Morgan fingerprint density at radius 1 is 1.13 bits per heavy atom. The smallest absolute Gasteiger partial charge is 0.365 e. The molecule has 4 atom stereocenters. The fourth-order valence-corrected chi connectivity index (χ4v) is 6.05. The second kappa shape index (κ2) is 6.27. The van der Waals surface area contributed by atoms with Crippen LogP contribution in [-0.2, 0) is 30.5 Å². The van der Waals surface area contributed by atoms with Crippen LogP contribution in [-0.4, -0.2) is 55.1 Å². The van der Waals surface area contributed by atoms with Gasteiger partial charge in [-0.25, -0.2) is 13.3 Å². The van der Waals surface area contributed by atoms with E-state index in [-0.39, 0.29) is 18.8 Å². The van der Waals surface area contributed by atoms with Crippen molar-refractivity contribution in [2.75, 3.05) is 24.2 Å². The maximum absolute atomic E-state index is 13.4. The van der Waals surface area contributed by atoms with Crippen molar-refractivity contribution in [1.82, 2.24) is 4.31 Å². The van der Waals surface area contributed by atoms with Gasteiger partial charge in [-0.05, 0) is 32.0 Å². The molecule has 3 aliphatic rings. The van der Waals surface area contributed by atoms with Crippen LogP contribution < -0.4 is 4.90 Å².